The molecule has 2 fully saturated rings. The van der Waals surface area contributed by atoms with E-state index < -0.39 is 6.04 Å². The number of allylic oxidation sites excluding steroid dienone is 1. The first-order valence-corrected chi connectivity index (χ1v) is 10.0. The molecule has 1 saturated carbocycles. The average Bonchev–Trinajstić information content (AvgIpc) is 3.06. The summed E-state index contributed by atoms with van der Waals surface area (Å²) in [6.07, 6.45) is 4.08. The molecule has 6 heteroatoms. The van der Waals surface area contributed by atoms with Gasteiger partial charge in [0.25, 0.3) is 0 Å². The molecule has 2 amide bonds. The zero-order valence-electron chi connectivity index (χ0n) is 15.2. The van der Waals surface area contributed by atoms with Gasteiger partial charge in [-0.05, 0) is 42.9 Å². The first-order chi connectivity index (χ1) is 13.2. The molecule has 2 N–H and O–H groups in total. The van der Waals surface area contributed by atoms with Gasteiger partial charge >= 0.3 is 0 Å². The Morgan fingerprint density at radius 3 is 2.59 bits per heavy atom. The Labute approximate surface area is 162 Å². The highest BCUT2D eigenvalue weighted by molar-refractivity contribution is 7.17. The van der Waals surface area contributed by atoms with Crippen molar-refractivity contribution in [2.24, 2.45) is 0 Å². The van der Waals surface area contributed by atoms with E-state index >= 15 is 0 Å². The van der Waals surface area contributed by atoms with Crippen molar-refractivity contribution in [3.05, 3.63) is 47.5 Å². The number of ether oxygens (including phenoxy) is 1. The van der Waals surface area contributed by atoms with Gasteiger partial charge in [-0.15, -0.1) is 0 Å². The standard InChI is InChI=1S/C21H22N2O3S/c1-26-21-15(12-17(27-21)13-6-3-2-4-7-13)19(14-8-5-9-14)22-16-10-11-18(24)23-20(16)25/h2-4,6-7,12,16,22H,5,8-11H2,1H3,(H,23,24,25). The Hall–Kier alpha value is -2.60. The molecule has 0 spiro atoms. The maximum Gasteiger partial charge on any atom is 0.249 e. The van der Waals surface area contributed by atoms with Gasteiger partial charge in [-0.1, -0.05) is 41.7 Å². The highest BCUT2D eigenvalue weighted by Gasteiger charge is 2.30. The third-order valence-electron chi connectivity index (χ3n) is 5.08. The number of hydrogen-bond donors (Lipinski definition) is 2. The Morgan fingerprint density at radius 2 is 1.96 bits per heavy atom. The quantitative estimate of drug-likeness (QED) is 0.774. The normalized spacial score (nSPS) is 19.3. The van der Waals surface area contributed by atoms with Crippen LogP contribution in [0.2, 0.25) is 0 Å². The molecule has 5 nitrogen and oxygen atoms in total. The number of piperidine rings is 1. The van der Waals surface area contributed by atoms with Crippen LogP contribution < -0.4 is 15.4 Å². The molecule has 27 heavy (non-hydrogen) atoms. The number of rotatable bonds is 5. The van der Waals surface area contributed by atoms with E-state index in [-0.39, 0.29) is 11.8 Å². The molecule has 1 atom stereocenters. The van der Waals surface area contributed by atoms with Crippen molar-refractivity contribution < 1.29 is 14.3 Å². The maximum atomic E-state index is 12.2. The summed E-state index contributed by atoms with van der Waals surface area (Å²) in [5.74, 6) is -0.448. The van der Waals surface area contributed by atoms with Crippen molar-refractivity contribution in [3.8, 4) is 15.5 Å². The third kappa shape index (κ3) is 3.62. The molecule has 0 radical (unpaired) electrons. The minimum Gasteiger partial charge on any atom is -0.487 e. The maximum absolute atomic E-state index is 12.2. The molecule has 2 heterocycles. The Kier molecular flexibility index (Phi) is 4.99. The summed E-state index contributed by atoms with van der Waals surface area (Å²) in [5.41, 5.74) is 4.45. The lowest BCUT2D eigenvalue weighted by atomic mass is 9.88. The van der Waals surface area contributed by atoms with Crippen LogP contribution in [0.5, 0.6) is 5.06 Å². The van der Waals surface area contributed by atoms with Gasteiger partial charge in [-0.25, -0.2) is 0 Å². The van der Waals surface area contributed by atoms with Gasteiger partial charge in [0.15, 0.2) is 5.06 Å². The highest BCUT2D eigenvalue weighted by atomic mass is 32.1. The molecule has 2 aliphatic rings. The summed E-state index contributed by atoms with van der Waals surface area (Å²) in [6, 6.07) is 12.0. The minimum atomic E-state index is -0.393. The second-order valence-electron chi connectivity index (χ2n) is 6.86. The molecule has 0 bridgehead atoms. The summed E-state index contributed by atoms with van der Waals surface area (Å²) < 4.78 is 5.67. The van der Waals surface area contributed by atoms with E-state index in [1.165, 1.54) is 5.57 Å². The molecule has 1 aromatic carbocycles. The molecule has 1 aliphatic heterocycles. The largest absolute Gasteiger partial charge is 0.487 e. The first-order valence-electron chi connectivity index (χ1n) is 9.21. The second kappa shape index (κ2) is 7.56. The lowest BCUT2D eigenvalue weighted by Crippen LogP contribution is -2.50. The van der Waals surface area contributed by atoms with Crippen molar-refractivity contribution in [2.45, 2.75) is 38.1 Å². The van der Waals surface area contributed by atoms with Crippen molar-refractivity contribution in [3.63, 3.8) is 0 Å². The number of thiophene rings is 1. The van der Waals surface area contributed by atoms with Crippen LogP contribution in [0.4, 0.5) is 0 Å². The molecule has 1 aliphatic carbocycles. The summed E-state index contributed by atoms with van der Waals surface area (Å²) in [7, 11) is 1.68. The number of carbonyl (C=O) groups excluding carboxylic acids is 2. The molecule has 4 rings (SSSR count). The molecule has 140 valence electrons. The monoisotopic (exact) mass is 382 g/mol. The van der Waals surface area contributed by atoms with E-state index in [1.807, 2.05) is 18.2 Å². The van der Waals surface area contributed by atoms with Gasteiger partial charge in [0, 0.05) is 17.0 Å². The SMILES string of the molecule is COc1sc(-c2ccccc2)cc1C(NC1CCC(=O)NC1=O)=C1CCC1. The highest BCUT2D eigenvalue weighted by Crippen LogP contribution is 2.43. The second-order valence-corrected chi connectivity index (χ2v) is 7.88. The van der Waals surface area contributed by atoms with E-state index in [0.29, 0.717) is 12.8 Å². The van der Waals surface area contributed by atoms with Crippen LogP contribution in [0.3, 0.4) is 0 Å². The number of benzene rings is 1. The minimum absolute atomic E-state index is 0.199. The molecule has 1 aromatic heterocycles. The molecular formula is C21H22N2O3S. The molecule has 1 saturated heterocycles. The Balaban J connectivity index is 1.68. The van der Waals surface area contributed by atoms with E-state index in [0.717, 1.165) is 46.0 Å². The van der Waals surface area contributed by atoms with Crippen LogP contribution in [-0.2, 0) is 9.59 Å². The smallest absolute Gasteiger partial charge is 0.249 e. The zero-order valence-corrected chi connectivity index (χ0v) is 16.0. The average molecular weight is 382 g/mol. The van der Waals surface area contributed by atoms with E-state index in [1.54, 1.807) is 18.4 Å². The van der Waals surface area contributed by atoms with Crippen molar-refractivity contribution >= 4 is 28.8 Å². The van der Waals surface area contributed by atoms with E-state index in [9.17, 15) is 9.59 Å². The number of amides is 2. The van der Waals surface area contributed by atoms with Crippen LogP contribution >= 0.6 is 11.3 Å². The molecule has 2 aromatic rings. The van der Waals surface area contributed by atoms with Crippen LogP contribution in [0.15, 0.2) is 42.0 Å². The summed E-state index contributed by atoms with van der Waals surface area (Å²) >= 11 is 1.61. The van der Waals surface area contributed by atoms with Crippen molar-refractivity contribution in [1.29, 1.82) is 0 Å². The zero-order chi connectivity index (χ0) is 18.8. The number of carbonyl (C=O) groups is 2. The van der Waals surface area contributed by atoms with Crippen molar-refractivity contribution in [2.75, 3.05) is 7.11 Å². The van der Waals surface area contributed by atoms with Gasteiger partial charge < -0.3 is 10.1 Å². The van der Waals surface area contributed by atoms with Gasteiger partial charge in [0.05, 0.1) is 12.7 Å². The predicted molar refractivity (Wildman–Crippen MR) is 106 cm³/mol. The summed E-state index contributed by atoms with van der Waals surface area (Å²) in [5, 5.41) is 6.69. The van der Waals surface area contributed by atoms with Crippen LogP contribution in [0.25, 0.3) is 16.1 Å². The predicted octanol–water partition coefficient (Wildman–Crippen LogP) is 3.71. The van der Waals surface area contributed by atoms with Gasteiger partial charge in [0.1, 0.15) is 6.04 Å². The fourth-order valence-electron chi connectivity index (χ4n) is 3.42. The van der Waals surface area contributed by atoms with Gasteiger partial charge in [-0.2, -0.15) is 0 Å². The fraction of sp³-hybridized carbons (Fsp3) is 0.333. The molecule has 1 unspecified atom stereocenters. The van der Waals surface area contributed by atoms with Gasteiger partial charge in [-0.3, -0.25) is 14.9 Å². The lowest BCUT2D eigenvalue weighted by molar-refractivity contribution is -0.134. The van der Waals surface area contributed by atoms with Crippen LogP contribution in [0, 0.1) is 0 Å². The topological polar surface area (TPSA) is 67.4 Å². The first kappa shape index (κ1) is 17.8. The van der Waals surface area contributed by atoms with E-state index in [4.69, 9.17) is 4.74 Å². The summed E-state index contributed by atoms with van der Waals surface area (Å²) in [4.78, 5) is 24.8. The number of nitrogens with one attached hydrogen (secondary N) is 2. The Morgan fingerprint density at radius 1 is 1.19 bits per heavy atom. The van der Waals surface area contributed by atoms with Crippen molar-refractivity contribution in [1.82, 2.24) is 10.6 Å². The van der Waals surface area contributed by atoms with E-state index in [2.05, 4.69) is 28.8 Å². The number of imide groups is 1. The van der Waals surface area contributed by atoms with Crippen LogP contribution in [0.1, 0.15) is 37.7 Å². The van der Waals surface area contributed by atoms with Gasteiger partial charge in [0.2, 0.25) is 11.8 Å². The third-order valence-corrected chi connectivity index (χ3v) is 6.22. The lowest BCUT2D eigenvalue weighted by Gasteiger charge is -2.28. The molecular weight excluding hydrogens is 360 g/mol. The number of methoxy groups -OCH3 is 1. The van der Waals surface area contributed by atoms with Crippen LogP contribution in [-0.4, -0.2) is 25.0 Å². The number of hydrogen-bond acceptors (Lipinski definition) is 5. The Bertz CT molecular complexity index is 895. The summed E-state index contributed by atoms with van der Waals surface area (Å²) in [6.45, 7) is 0. The fourth-order valence-corrected chi connectivity index (χ4v) is 4.41.